The number of hydrogen-bond donors (Lipinski definition) is 2. The van der Waals surface area contributed by atoms with Gasteiger partial charge in [-0.2, -0.15) is 0 Å². The number of carbonyl (C=O) groups excluding carboxylic acids is 1. The fraction of sp³-hybridized carbons (Fsp3) is 0.500. The summed E-state index contributed by atoms with van der Waals surface area (Å²) in [6.45, 7) is 1.99. The molecule has 100 valence electrons. The van der Waals surface area contributed by atoms with Gasteiger partial charge in [0.1, 0.15) is 6.10 Å². The van der Waals surface area contributed by atoms with E-state index in [1.54, 1.807) is 6.92 Å². The third-order valence-corrected chi connectivity index (χ3v) is 2.84. The molecule has 5 nitrogen and oxygen atoms in total. The van der Waals surface area contributed by atoms with E-state index in [0.717, 1.165) is 0 Å². The van der Waals surface area contributed by atoms with Gasteiger partial charge < -0.3 is 14.9 Å². The molecular weight excluding hydrogens is 302 g/mol. The normalized spacial score (nSPS) is 14.0. The first kappa shape index (κ1) is 15.1. The Labute approximate surface area is 114 Å². The highest BCUT2D eigenvalue weighted by atomic mass is 79.9. The number of alkyl halides is 1. The van der Waals surface area contributed by atoms with E-state index in [1.807, 2.05) is 0 Å². The monoisotopic (exact) mass is 317 g/mol. The minimum atomic E-state index is -1.07. The zero-order chi connectivity index (χ0) is 13.5. The Morgan fingerprint density at radius 3 is 2.83 bits per heavy atom. The summed E-state index contributed by atoms with van der Waals surface area (Å²) in [5.41, 5.74) is 0.661. The van der Waals surface area contributed by atoms with Crippen molar-refractivity contribution in [3.05, 3.63) is 29.6 Å². The first-order valence-corrected chi connectivity index (χ1v) is 6.76. The van der Waals surface area contributed by atoms with Gasteiger partial charge in [-0.25, -0.2) is 4.79 Å². The van der Waals surface area contributed by atoms with E-state index in [-0.39, 0.29) is 12.2 Å². The Balaban J connectivity index is 2.84. The summed E-state index contributed by atoms with van der Waals surface area (Å²) in [5, 5.41) is 20.2. The van der Waals surface area contributed by atoms with Crippen LogP contribution in [0.2, 0.25) is 0 Å². The number of halogens is 1. The minimum absolute atomic E-state index is 0.263. The van der Waals surface area contributed by atoms with Gasteiger partial charge in [-0.05, 0) is 19.4 Å². The van der Waals surface area contributed by atoms with Crippen molar-refractivity contribution in [2.24, 2.45) is 0 Å². The molecule has 0 bridgehead atoms. The Kier molecular flexibility index (Phi) is 6.24. The highest BCUT2D eigenvalue weighted by Gasteiger charge is 2.19. The van der Waals surface area contributed by atoms with Crippen molar-refractivity contribution in [1.82, 2.24) is 4.98 Å². The second-order valence-corrected chi connectivity index (χ2v) is 4.51. The number of aromatic nitrogens is 1. The van der Waals surface area contributed by atoms with Gasteiger partial charge in [-0.3, -0.25) is 4.98 Å². The number of aliphatic hydroxyl groups is 2. The molecule has 0 radical (unpaired) electrons. The fourth-order valence-electron chi connectivity index (χ4n) is 1.44. The third kappa shape index (κ3) is 4.04. The Morgan fingerprint density at radius 2 is 2.22 bits per heavy atom. The van der Waals surface area contributed by atoms with Gasteiger partial charge in [0.15, 0.2) is 0 Å². The van der Waals surface area contributed by atoms with Crippen LogP contribution in [0.3, 0.4) is 0 Å². The van der Waals surface area contributed by atoms with Crippen LogP contribution in [0.15, 0.2) is 18.5 Å². The SMILES string of the molecule is CCOC(=O)c1cncc(C(O)C(O)CCBr)c1. The number of rotatable bonds is 6. The molecule has 2 atom stereocenters. The number of aliphatic hydroxyl groups excluding tert-OH is 2. The second kappa shape index (κ2) is 7.45. The Bertz CT molecular complexity index is 399. The largest absolute Gasteiger partial charge is 0.462 e. The van der Waals surface area contributed by atoms with Crippen LogP contribution in [0.4, 0.5) is 0 Å². The van der Waals surface area contributed by atoms with E-state index in [1.165, 1.54) is 18.5 Å². The molecule has 0 saturated heterocycles. The number of pyridine rings is 1. The van der Waals surface area contributed by atoms with E-state index in [9.17, 15) is 15.0 Å². The van der Waals surface area contributed by atoms with Gasteiger partial charge >= 0.3 is 5.97 Å². The van der Waals surface area contributed by atoms with Crippen LogP contribution >= 0.6 is 15.9 Å². The molecular formula is C12H16BrNO4. The van der Waals surface area contributed by atoms with Gasteiger partial charge in [-0.1, -0.05) is 15.9 Å². The van der Waals surface area contributed by atoms with Crippen LogP contribution in [0.5, 0.6) is 0 Å². The quantitative estimate of drug-likeness (QED) is 0.613. The predicted octanol–water partition coefficient (Wildman–Crippen LogP) is 1.44. The molecule has 0 aliphatic heterocycles. The van der Waals surface area contributed by atoms with Crippen LogP contribution in [0.25, 0.3) is 0 Å². The molecule has 1 aromatic rings. The summed E-state index contributed by atoms with van der Waals surface area (Å²) in [7, 11) is 0. The van der Waals surface area contributed by atoms with Crippen molar-refractivity contribution >= 4 is 21.9 Å². The summed E-state index contributed by atoms with van der Waals surface area (Å²) < 4.78 is 4.84. The number of nitrogens with zero attached hydrogens (tertiary/aromatic N) is 1. The van der Waals surface area contributed by atoms with E-state index < -0.39 is 18.2 Å². The molecule has 0 saturated carbocycles. The molecule has 1 heterocycles. The van der Waals surface area contributed by atoms with Crippen molar-refractivity contribution in [1.29, 1.82) is 0 Å². The molecule has 0 aliphatic carbocycles. The van der Waals surface area contributed by atoms with Crippen LogP contribution < -0.4 is 0 Å². The summed E-state index contributed by atoms with van der Waals surface area (Å²) in [5.74, 6) is -0.492. The Hall–Kier alpha value is -0.980. The molecule has 2 N–H and O–H groups in total. The molecule has 0 amide bonds. The topological polar surface area (TPSA) is 79.7 Å². The average Bonchev–Trinajstić information content (AvgIpc) is 2.38. The van der Waals surface area contributed by atoms with Gasteiger partial charge in [0.25, 0.3) is 0 Å². The van der Waals surface area contributed by atoms with Crippen molar-refractivity contribution in [2.75, 3.05) is 11.9 Å². The van der Waals surface area contributed by atoms with E-state index >= 15 is 0 Å². The third-order valence-electron chi connectivity index (χ3n) is 2.38. The van der Waals surface area contributed by atoms with Crippen molar-refractivity contribution in [3.8, 4) is 0 Å². The highest BCUT2D eigenvalue weighted by molar-refractivity contribution is 9.09. The van der Waals surface area contributed by atoms with Crippen molar-refractivity contribution in [2.45, 2.75) is 25.6 Å². The first-order chi connectivity index (χ1) is 8.60. The van der Waals surface area contributed by atoms with Crippen LogP contribution in [-0.2, 0) is 4.74 Å². The zero-order valence-corrected chi connectivity index (χ0v) is 11.6. The van der Waals surface area contributed by atoms with E-state index in [4.69, 9.17) is 4.74 Å². The number of carbonyl (C=O) groups is 1. The average molecular weight is 318 g/mol. The lowest BCUT2D eigenvalue weighted by molar-refractivity contribution is 0.0170. The number of esters is 1. The first-order valence-electron chi connectivity index (χ1n) is 5.64. The van der Waals surface area contributed by atoms with Gasteiger partial charge in [0, 0.05) is 23.3 Å². The lowest BCUT2D eigenvalue weighted by Gasteiger charge is -2.17. The van der Waals surface area contributed by atoms with Crippen molar-refractivity contribution < 1.29 is 19.7 Å². The lowest BCUT2D eigenvalue weighted by Crippen LogP contribution is -2.19. The molecule has 0 spiro atoms. The smallest absolute Gasteiger partial charge is 0.339 e. The summed E-state index contributed by atoms with van der Waals surface area (Å²) in [4.78, 5) is 15.4. The maximum Gasteiger partial charge on any atom is 0.339 e. The molecule has 2 unspecified atom stereocenters. The van der Waals surface area contributed by atoms with Crippen molar-refractivity contribution in [3.63, 3.8) is 0 Å². The van der Waals surface area contributed by atoms with E-state index in [2.05, 4.69) is 20.9 Å². The van der Waals surface area contributed by atoms with Crippen LogP contribution in [0.1, 0.15) is 35.4 Å². The van der Waals surface area contributed by atoms with Crippen LogP contribution in [-0.4, -0.2) is 39.2 Å². The molecule has 1 aromatic heterocycles. The maximum atomic E-state index is 11.5. The van der Waals surface area contributed by atoms with Crippen LogP contribution in [0, 0.1) is 0 Å². The Morgan fingerprint density at radius 1 is 1.50 bits per heavy atom. The summed E-state index contributed by atoms with van der Waals surface area (Å²) in [6.07, 6.45) is 1.23. The molecule has 1 rings (SSSR count). The molecule has 0 fully saturated rings. The highest BCUT2D eigenvalue weighted by Crippen LogP contribution is 2.20. The maximum absolute atomic E-state index is 11.5. The molecule has 0 aliphatic rings. The predicted molar refractivity (Wildman–Crippen MR) is 69.6 cm³/mol. The minimum Gasteiger partial charge on any atom is -0.462 e. The van der Waals surface area contributed by atoms with Gasteiger partial charge in [0.05, 0.1) is 18.3 Å². The van der Waals surface area contributed by atoms with Gasteiger partial charge in [-0.15, -0.1) is 0 Å². The number of hydrogen-bond acceptors (Lipinski definition) is 5. The molecule has 0 aromatic carbocycles. The van der Waals surface area contributed by atoms with E-state index in [0.29, 0.717) is 17.3 Å². The molecule has 18 heavy (non-hydrogen) atoms. The summed E-state index contributed by atoms with van der Waals surface area (Å²) in [6, 6.07) is 1.48. The lowest BCUT2D eigenvalue weighted by atomic mass is 10.0. The standard InChI is InChI=1S/C12H16BrNO4/c1-2-18-12(17)9-5-8(6-14-7-9)11(16)10(15)3-4-13/h5-7,10-11,15-16H,2-4H2,1H3. The zero-order valence-electron chi connectivity index (χ0n) is 10.0. The molecule has 6 heteroatoms. The van der Waals surface area contributed by atoms with Gasteiger partial charge in [0.2, 0.25) is 0 Å². The second-order valence-electron chi connectivity index (χ2n) is 3.72. The number of ether oxygens (including phenoxy) is 1. The summed E-state index contributed by atoms with van der Waals surface area (Å²) >= 11 is 3.19. The fourth-order valence-corrected chi connectivity index (χ4v) is 1.91.